The molecule has 0 unspecified atom stereocenters. The molecule has 1 nitrogen and oxygen atoms in total. The van der Waals surface area contributed by atoms with Crippen molar-refractivity contribution in [2.24, 2.45) is 4.99 Å². The first-order valence-electron chi connectivity index (χ1n) is 3.19. The molecule has 54 valence electrons. The summed E-state index contributed by atoms with van der Waals surface area (Å²) >= 11 is 0. The third kappa shape index (κ3) is 2.44. The van der Waals surface area contributed by atoms with Crippen molar-refractivity contribution in [1.82, 2.24) is 0 Å². The molecular weight excluding hydrogens is 122 g/mol. The molecule has 0 aliphatic carbocycles. The molecular formula is C9H13N. The van der Waals surface area contributed by atoms with Gasteiger partial charge in [0.15, 0.2) is 0 Å². The summed E-state index contributed by atoms with van der Waals surface area (Å²) in [6.45, 7) is 11.0. The fourth-order valence-electron chi connectivity index (χ4n) is 0.568. The summed E-state index contributed by atoms with van der Waals surface area (Å²) in [5, 5.41) is 0. The molecule has 0 radical (unpaired) electrons. The molecule has 0 aromatic carbocycles. The van der Waals surface area contributed by atoms with E-state index in [2.05, 4.69) is 18.3 Å². The summed E-state index contributed by atoms with van der Waals surface area (Å²) in [6.07, 6.45) is 5.53. The van der Waals surface area contributed by atoms with Crippen molar-refractivity contribution in [2.45, 2.75) is 13.8 Å². The van der Waals surface area contributed by atoms with Crippen LogP contribution in [0, 0.1) is 0 Å². The van der Waals surface area contributed by atoms with Crippen molar-refractivity contribution >= 4 is 6.72 Å². The fourth-order valence-corrected chi connectivity index (χ4v) is 0.568. The maximum atomic E-state index is 3.82. The van der Waals surface area contributed by atoms with E-state index in [1.165, 1.54) is 0 Å². The third-order valence-corrected chi connectivity index (χ3v) is 1.28. The number of rotatable bonds is 3. The first-order valence-corrected chi connectivity index (χ1v) is 3.19. The lowest BCUT2D eigenvalue weighted by Gasteiger charge is -1.96. The first kappa shape index (κ1) is 8.89. The minimum Gasteiger partial charge on any atom is -0.264 e. The van der Waals surface area contributed by atoms with Gasteiger partial charge in [0.1, 0.15) is 0 Å². The third-order valence-electron chi connectivity index (χ3n) is 1.28. The van der Waals surface area contributed by atoms with E-state index in [-0.39, 0.29) is 0 Å². The molecule has 0 fully saturated rings. The van der Waals surface area contributed by atoms with Crippen LogP contribution in [0.3, 0.4) is 0 Å². The summed E-state index contributed by atoms with van der Waals surface area (Å²) in [7, 11) is 0. The minimum absolute atomic E-state index is 0.887. The second-order valence-electron chi connectivity index (χ2n) is 1.92. The van der Waals surface area contributed by atoms with Crippen LogP contribution < -0.4 is 0 Å². The topological polar surface area (TPSA) is 12.4 Å². The number of aliphatic imine (C=N–C) groups is 1. The van der Waals surface area contributed by atoms with Gasteiger partial charge in [0, 0.05) is 0 Å². The van der Waals surface area contributed by atoms with Gasteiger partial charge in [-0.3, -0.25) is 4.99 Å². The Bertz CT molecular complexity index is 185. The van der Waals surface area contributed by atoms with Gasteiger partial charge in [0.05, 0.1) is 5.70 Å². The van der Waals surface area contributed by atoms with Crippen LogP contribution in [0.15, 0.2) is 41.1 Å². The van der Waals surface area contributed by atoms with Gasteiger partial charge in [-0.1, -0.05) is 18.7 Å². The van der Waals surface area contributed by atoms with Crippen molar-refractivity contribution in [3.8, 4) is 0 Å². The van der Waals surface area contributed by atoms with Crippen molar-refractivity contribution in [3.63, 3.8) is 0 Å². The Kier molecular flexibility index (Phi) is 4.21. The lowest BCUT2D eigenvalue weighted by atomic mass is 10.2. The molecule has 0 saturated heterocycles. The van der Waals surface area contributed by atoms with Gasteiger partial charge >= 0.3 is 0 Å². The van der Waals surface area contributed by atoms with Crippen molar-refractivity contribution < 1.29 is 0 Å². The summed E-state index contributed by atoms with van der Waals surface area (Å²) in [5.41, 5.74) is 2.01. The van der Waals surface area contributed by atoms with Crippen LogP contribution in [0.4, 0.5) is 0 Å². The van der Waals surface area contributed by atoms with Gasteiger partial charge in [0.2, 0.25) is 0 Å². The van der Waals surface area contributed by atoms with Crippen molar-refractivity contribution in [2.75, 3.05) is 0 Å². The van der Waals surface area contributed by atoms with Crippen molar-refractivity contribution in [3.05, 3.63) is 36.1 Å². The Hall–Kier alpha value is -1.11. The second kappa shape index (κ2) is 4.74. The Morgan fingerprint density at radius 2 is 2.10 bits per heavy atom. The monoisotopic (exact) mass is 135 g/mol. The Morgan fingerprint density at radius 3 is 2.40 bits per heavy atom. The highest BCUT2D eigenvalue weighted by atomic mass is 14.7. The molecule has 0 aliphatic heterocycles. The van der Waals surface area contributed by atoms with E-state index >= 15 is 0 Å². The highest BCUT2D eigenvalue weighted by Crippen LogP contribution is 2.08. The van der Waals surface area contributed by atoms with Gasteiger partial charge in [-0.25, -0.2) is 0 Å². The van der Waals surface area contributed by atoms with Crippen LogP contribution in [-0.2, 0) is 0 Å². The van der Waals surface area contributed by atoms with Crippen LogP contribution in [0.5, 0.6) is 0 Å². The average Bonchev–Trinajstić information content (AvgIpc) is 1.99. The molecule has 0 aromatic heterocycles. The van der Waals surface area contributed by atoms with Gasteiger partial charge in [-0.05, 0) is 32.2 Å². The maximum absolute atomic E-state index is 3.82. The minimum atomic E-state index is 0.887. The summed E-state index contributed by atoms with van der Waals surface area (Å²) in [6, 6.07) is 0. The molecule has 10 heavy (non-hydrogen) atoms. The lowest BCUT2D eigenvalue weighted by molar-refractivity contribution is 1.29. The van der Waals surface area contributed by atoms with Crippen LogP contribution in [0.25, 0.3) is 0 Å². The molecule has 0 N–H and O–H groups in total. The standard InChI is InChI=1S/C9H13N/c1-5-7-9(10-4)8(3)6-2/h5-7H,1,4H2,2-3H3/b8-6+,9-7-. The number of hydrogen-bond acceptors (Lipinski definition) is 1. The van der Waals surface area contributed by atoms with E-state index in [1.54, 1.807) is 6.08 Å². The summed E-state index contributed by atoms with van der Waals surface area (Å²) in [5.74, 6) is 0. The average molecular weight is 135 g/mol. The molecule has 0 atom stereocenters. The SMILES string of the molecule is C=C/C=C(N=C)/C(C)=C/C. The first-order chi connectivity index (χ1) is 4.76. The van der Waals surface area contributed by atoms with Crippen LogP contribution in [-0.4, -0.2) is 6.72 Å². The predicted molar refractivity (Wildman–Crippen MR) is 47.3 cm³/mol. The zero-order chi connectivity index (χ0) is 7.98. The van der Waals surface area contributed by atoms with Gasteiger partial charge in [-0.15, -0.1) is 0 Å². The molecule has 0 aromatic rings. The van der Waals surface area contributed by atoms with Crippen LogP contribution >= 0.6 is 0 Å². The van der Waals surface area contributed by atoms with E-state index in [4.69, 9.17) is 0 Å². The maximum Gasteiger partial charge on any atom is 0.0648 e. The Balaban J connectivity index is 4.51. The Labute approximate surface area is 62.5 Å². The molecule has 0 rings (SSSR count). The number of nitrogens with zero attached hydrogens (tertiary/aromatic N) is 1. The quantitative estimate of drug-likeness (QED) is 0.417. The zero-order valence-electron chi connectivity index (χ0n) is 6.59. The molecule has 0 heterocycles. The largest absolute Gasteiger partial charge is 0.264 e. The molecule has 0 amide bonds. The Morgan fingerprint density at radius 1 is 1.50 bits per heavy atom. The normalized spacial score (nSPS) is 13.0. The van der Waals surface area contributed by atoms with Gasteiger partial charge in [0.25, 0.3) is 0 Å². The lowest BCUT2D eigenvalue weighted by Crippen LogP contribution is -1.78. The number of hydrogen-bond donors (Lipinski definition) is 0. The van der Waals surface area contributed by atoms with E-state index in [0.29, 0.717) is 0 Å². The molecule has 0 saturated carbocycles. The van der Waals surface area contributed by atoms with Crippen molar-refractivity contribution in [1.29, 1.82) is 0 Å². The number of allylic oxidation sites excluding steroid dienone is 4. The molecule has 0 bridgehead atoms. The van der Waals surface area contributed by atoms with Crippen LogP contribution in [0.2, 0.25) is 0 Å². The molecule has 1 heteroatoms. The highest BCUT2D eigenvalue weighted by Gasteiger charge is 1.90. The summed E-state index contributed by atoms with van der Waals surface area (Å²) in [4.78, 5) is 3.82. The van der Waals surface area contributed by atoms with Gasteiger partial charge in [-0.2, -0.15) is 0 Å². The predicted octanol–water partition coefficient (Wildman–Crippen LogP) is 2.72. The smallest absolute Gasteiger partial charge is 0.0648 e. The van der Waals surface area contributed by atoms with E-state index in [0.717, 1.165) is 11.3 Å². The van der Waals surface area contributed by atoms with E-state index in [1.807, 2.05) is 26.0 Å². The highest BCUT2D eigenvalue weighted by molar-refractivity contribution is 5.38. The van der Waals surface area contributed by atoms with E-state index < -0.39 is 0 Å². The second-order valence-corrected chi connectivity index (χ2v) is 1.92. The molecule has 0 aliphatic rings. The van der Waals surface area contributed by atoms with E-state index in [9.17, 15) is 0 Å². The fraction of sp³-hybridized carbons (Fsp3) is 0.222. The molecule has 0 spiro atoms. The zero-order valence-corrected chi connectivity index (χ0v) is 6.59. The van der Waals surface area contributed by atoms with Crippen LogP contribution in [0.1, 0.15) is 13.8 Å². The van der Waals surface area contributed by atoms with Gasteiger partial charge < -0.3 is 0 Å². The summed E-state index contributed by atoms with van der Waals surface area (Å²) < 4.78 is 0.